The summed E-state index contributed by atoms with van der Waals surface area (Å²) < 4.78 is 26.2. The first-order valence-electron chi connectivity index (χ1n) is 10.9. The van der Waals surface area contributed by atoms with Crippen molar-refractivity contribution >= 4 is 44.5 Å². The summed E-state index contributed by atoms with van der Waals surface area (Å²) in [5.74, 6) is -0.764. The average molecular weight is 498 g/mol. The number of piperidine rings is 1. The van der Waals surface area contributed by atoms with Crippen LogP contribution in [0, 0.1) is 12.8 Å². The van der Waals surface area contributed by atoms with Crippen LogP contribution in [-0.2, 0) is 19.6 Å². The molecule has 3 aromatic rings. The molecule has 4 rings (SSSR count). The van der Waals surface area contributed by atoms with Crippen molar-refractivity contribution in [3.63, 3.8) is 0 Å². The molecule has 0 radical (unpaired) electrons. The first kappa shape index (κ1) is 24.1. The van der Waals surface area contributed by atoms with Gasteiger partial charge < -0.3 is 10.2 Å². The van der Waals surface area contributed by atoms with Gasteiger partial charge in [-0.2, -0.15) is 0 Å². The van der Waals surface area contributed by atoms with E-state index in [1.54, 1.807) is 17.0 Å². The summed E-state index contributed by atoms with van der Waals surface area (Å²) in [6.45, 7) is 1.99. The molecule has 0 aliphatic carbocycles. The van der Waals surface area contributed by atoms with Crippen LogP contribution in [0.15, 0.2) is 70.9 Å². The smallest absolute Gasteiger partial charge is 0.242 e. The van der Waals surface area contributed by atoms with E-state index < -0.39 is 22.0 Å². The third-order valence-corrected chi connectivity index (χ3v) is 8.71. The number of nitrogens with zero attached hydrogens (tertiary/aromatic N) is 2. The van der Waals surface area contributed by atoms with Crippen LogP contribution in [0.5, 0.6) is 0 Å². The highest BCUT2D eigenvalue weighted by Crippen LogP contribution is 2.42. The van der Waals surface area contributed by atoms with Crippen molar-refractivity contribution < 1.29 is 18.0 Å². The molecule has 34 heavy (non-hydrogen) atoms. The number of amides is 2. The molecule has 9 heteroatoms. The largest absolute Gasteiger partial charge is 0.326 e. The Balaban J connectivity index is 1.67. The van der Waals surface area contributed by atoms with Crippen molar-refractivity contribution in [2.24, 2.45) is 5.92 Å². The minimum absolute atomic E-state index is 0.0228. The van der Waals surface area contributed by atoms with Crippen LogP contribution >= 0.6 is 11.3 Å². The molecule has 1 N–H and O–H groups in total. The summed E-state index contributed by atoms with van der Waals surface area (Å²) in [6, 6.07) is 17.4. The summed E-state index contributed by atoms with van der Waals surface area (Å²) in [7, 11) is -0.705. The SMILES string of the molecule is Cc1ccc(N2C(=O)CCC(C(=O)Nc3cccc(S(=O)(=O)N(C)C)c3)C2c2cccs2)cc1. The van der Waals surface area contributed by atoms with E-state index in [4.69, 9.17) is 0 Å². The van der Waals surface area contributed by atoms with Crippen LogP contribution in [0.25, 0.3) is 0 Å². The van der Waals surface area contributed by atoms with Gasteiger partial charge in [0.2, 0.25) is 21.8 Å². The van der Waals surface area contributed by atoms with Gasteiger partial charge in [0.1, 0.15) is 0 Å². The topological polar surface area (TPSA) is 86.8 Å². The molecule has 2 heterocycles. The fraction of sp³-hybridized carbons (Fsp3) is 0.280. The molecule has 7 nitrogen and oxygen atoms in total. The number of hydrogen-bond acceptors (Lipinski definition) is 5. The van der Waals surface area contributed by atoms with Crippen molar-refractivity contribution in [3.8, 4) is 0 Å². The van der Waals surface area contributed by atoms with Crippen LogP contribution < -0.4 is 10.2 Å². The van der Waals surface area contributed by atoms with Gasteiger partial charge >= 0.3 is 0 Å². The number of sulfonamides is 1. The van der Waals surface area contributed by atoms with Gasteiger partial charge in [-0.3, -0.25) is 9.59 Å². The van der Waals surface area contributed by atoms with E-state index in [2.05, 4.69) is 5.32 Å². The molecule has 2 unspecified atom stereocenters. The lowest BCUT2D eigenvalue weighted by Crippen LogP contribution is -2.46. The predicted octanol–water partition coefficient (Wildman–Crippen LogP) is 4.43. The Morgan fingerprint density at radius 2 is 1.82 bits per heavy atom. The zero-order valence-electron chi connectivity index (χ0n) is 19.3. The number of aryl methyl sites for hydroxylation is 1. The molecule has 1 aromatic heterocycles. The molecule has 2 amide bonds. The number of benzene rings is 2. The van der Waals surface area contributed by atoms with Crippen molar-refractivity contribution in [1.82, 2.24) is 4.31 Å². The first-order chi connectivity index (χ1) is 16.2. The van der Waals surface area contributed by atoms with Gasteiger partial charge in [0, 0.05) is 36.8 Å². The van der Waals surface area contributed by atoms with Gasteiger partial charge in [-0.25, -0.2) is 12.7 Å². The Kier molecular flexibility index (Phi) is 6.88. The molecule has 2 aromatic carbocycles. The van der Waals surface area contributed by atoms with E-state index in [-0.39, 0.29) is 23.1 Å². The maximum Gasteiger partial charge on any atom is 0.242 e. The summed E-state index contributed by atoms with van der Waals surface area (Å²) in [4.78, 5) is 29.3. The summed E-state index contributed by atoms with van der Waals surface area (Å²) in [5.41, 5.74) is 2.24. The van der Waals surface area contributed by atoms with Gasteiger partial charge in [-0.15, -0.1) is 11.3 Å². The van der Waals surface area contributed by atoms with Crippen LogP contribution in [0.3, 0.4) is 0 Å². The zero-order chi connectivity index (χ0) is 24.5. The van der Waals surface area contributed by atoms with E-state index >= 15 is 0 Å². The van der Waals surface area contributed by atoms with Crippen LogP contribution in [-0.4, -0.2) is 38.6 Å². The lowest BCUT2D eigenvalue weighted by atomic mass is 9.86. The molecule has 1 fully saturated rings. The van der Waals surface area contributed by atoms with Gasteiger partial charge in [0.25, 0.3) is 0 Å². The molecule has 178 valence electrons. The highest BCUT2D eigenvalue weighted by Gasteiger charge is 2.42. The van der Waals surface area contributed by atoms with Crippen molar-refractivity contribution in [2.45, 2.75) is 30.7 Å². The number of nitrogens with one attached hydrogen (secondary N) is 1. The van der Waals surface area contributed by atoms with E-state index in [0.29, 0.717) is 12.1 Å². The first-order valence-corrected chi connectivity index (χ1v) is 13.3. The molecule has 0 spiro atoms. The Bertz CT molecular complexity index is 1290. The third-order valence-electron chi connectivity index (χ3n) is 5.96. The molecular formula is C25H27N3O4S2. The Hall–Kier alpha value is -3.01. The second kappa shape index (κ2) is 9.69. The quantitative estimate of drug-likeness (QED) is 0.546. The standard InChI is InChI=1S/C25H27N3O4S2/c1-17-9-11-19(12-10-17)28-23(29)14-13-21(24(28)22-8-5-15-33-22)25(30)26-18-6-4-7-20(16-18)34(31,32)27(2)3/h4-12,15-16,21,24H,13-14H2,1-3H3,(H,26,30). The third kappa shape index (κ3) is 4.77. The Morgan fingerprint density at radius 1 is 1.09 bits per heavy atom. The number of thiophene rings is 1. The van der Waals surface area contributed by atoms with Crippen molar-refractivity contribution in [1.29, 1.82) is 0 Å². The normalized spacial score (nSPS) is 18.8. The van der Waals surface area contributed by atoms with Gasteiger partial charge in [-0.1, -0.05) is 29.8 Å². The van der Waals surface area contributed by atoms with Crippen LogP contribution in [0.1, 0.15) is 29.3 Å². The maximum absolute atomic E-state index is 13.5. The van der Waals surface area contributed by atoms with E-state index in [9.17, 15) is 18.0 Å². The molecular weight excluding hydrogens is 470 g/mol. The number of anilines is 2. The summed E-state index contributed by atoms with van der Waals surface area (Å²) >= 11 is 1.51. The molecule has 2 atom stereocenters. The number of carbonyl (C=O) groups is 2. The molecule has 1 aliphatic rings. The van der Waals surface area contributed by atoms with E-state index in [1.165, 1.54) is 37.6 Å². The van der Waals surface area contributed by atoms with Crippen molar-refractivity contribution in [3.05, 3.63) is 76.5 Å². The predicted molar refractivity (Wildman–Crippen MR) is 134 cm³/mol. The average Bonchev–Trinajstić information content (AvgIpc) is 3.34. The minimum Gasteiger partial charge on any atom is -0.326 e. The minimum atomic E-state index is -3.63. The fourth-order valence-electron chi connectivity index (χ4n) is 4.14. The monoisotopic (exact) mass is 497 g/mol. The number of carbonyl (C=O) groups excluding carboxylic acids is 2. The van der Waals surface area contributed by atoms with Gasteiger partial charge in [0.05, 0.1) is 16.9 Å². The second-order valence-corrected chi connectivity index (χ2v) is 11.6. The summed E-state index contributed by atoms with van der Waals surface area (Å²) in [6.07, 6.45) is 0.661. The Morgan fingerprint density at radius 3 is 2.47 bits per heavy atom. The van der Waals surface area contributed by atoms with Crippen LogP contribution in [0.2, 0.25) is 0 Å². The van der Waals surface area contributed by atoms with Gasteiger partial charge in [-0.05, 0) is 55.1 Å². The van der Waals surface area contributed by atoms with Crippen molar-refractivity contribution in [2.75, 3.05) is 24.3 Å². The van der Waals surface area contributed by atoms with Crippen LogP contribution in [0.4, 0.5) is 11.4 Å². The number of hydrogen-bond donors (Lipinski definition) is 1. The fourth-order valence-corrected chi connectivity index (χ4v) is 5.97. The summed E-state index contributed by atoms with van der Waals surface area (Å²) in [5, 5.41) is 4.83. The Labute approximate surface area is 204 Å². The molecule has 1 saturated heterocycles. The lowest BCUT2D eigenvalue weighted by molar-refractivity contribution is -0.125. The molecule has 0 bridgehead atoms. The van der Waals surface area contributed by atoms with Gasteiger partial charge in [0.15, 0.2) is 0 Å². The zero-order valence-corrected chi connectivity index (χ0v) is 20.9. The molecule has 0 saturated carbocycles. The van der Waals surface area contributed by atoms with E-state index in [1.807, 2.05) is 48.7 Å². The number of rotatable bonds is 6. The maximum atomic E-state index is 13.5. The lowest BCUT2D eigenvalue weighted by Gasteiger charge is -2.40. The highest BCUT2D eigenvalue weighted by molar-refractivity contribution is 7.89. The second-order valence-electron chi connectivity index (χ2n) is 8.51. The molecule has 1 aliphatic heterocycles. The van der Waals surface area contributed by atoms with E-state index in [0.717, 1.165) is 20.4 Å². The highest BCUT2D eigenvalue weighted by atomic mass is 32.2.